The number of carbonyl (C=O) groups is 1. The quantitative estimate of drug-likeness (QED) is 0.581. The van der Waals surface area contributed by atoms with Crippen LogP contribution in [0.4, 0.5) is 0 Å². The summed E-state index contributed by atoms with van der Waals surface area (Å²) in [5.74, 6) is -0.234. The summed E-state index contributed by atoms with van der Waals surface area (Å²) in [5, 5.41) is 4.14. The largest absolute Gasteiger partial charge is 0.422 e. The van der Waals surface area contributed by atoms with Gasteiger partial charge >= 0.3 is 5.63 Å². The van der Waals surface area contributed by atoms with Gasteiger partial charge in [-0.25, -0.2) is 4.79 Å². The van der Waals surface area contributed by atoms with Crippen molar-refractivity contribution in [1.82, 2.24) is 14.9 Å². The fourth-order valence-electron chi connectivity index (χ4n) is 3.15. The molecule has 4 aromatic rings. The molecule has 3 heterocycles. The predicted octanol–water partition coefficient (Wildman–Crippen LogP) is 2.17. The van der Waals surface area contributed by atoms with Gasteiger partial charge in [-0.15, -0.1) is 0 Å². The average Bonchev–Trinajstić information content (AvgIpc) is 3.07. The second-order valence-corrected chi connectivity index (χ2v) is 6.33. The molecule has 2 N–H and O–H groups in total. The van der Waals surface area contributed by atoms with Gasteiger partial charge < -0.3 is 19.3 Å². The topological polar surface area (TPSA) is 97.1 Å². The van der Waals surface area contributed by atoms with Gasteiger partial charge in [-0.1, -0.05) is 18.2 Å². The van der Waals surface area contributed by atoms with Crippen molar-refractivity contribution in [3.8, 4) is 0 Å². The minimum atomic E-state index is -0.484. The van der Waals surface area contributed by atoms with E-state index < -0.39 is 5.63 Å². The third-order valence-electron chi connectivity index (χ3n) is 4.48. The van der Waals surface area contributed by atoms with Crippen molar-refractivity contribution < 1.29 is 9.21 Å². The number of hydrogen-bond acceptors (Lipinski definition) is 4. The average molecular weight is 363 g/mol. The Hall–Kier alpha value is -3.61. The highest BCUT2D eigenvalue weighted by atomic mass is 16.4. The predicted molar refractivity (Wildman–Crippen MR) is 102 cm³/mol. The standard InChI is InChI=1S/C20H17N3O4/c1-12-10-17(24)27-16-6-8-23(20(26)18(12)16)9-7-21-19(25)15-11-13-4-2-3-5-14(13)22-15/h2-6,8,10-11,22H,7,9H2,1H3,(H,21,25). The first-order valence-electron chi connectivity index (χ1n) is 8.53. The SMILES string of the molecule is Cc1cc(=O)oc2ccn(CCNC(=O)c3cc4ccccc4[nH]3)c(=O)c12. The number of hydrogen-bond donors (Lipinski definition) is 2. The molecule has 0 saturated carbocycles. The first-order chi connectivity index (χ1) is 13.0. The molecular weight excluding hydrogens is 346 g/mol. The van der Waals surface area contributed by atoms with Crippen LogP contribution in [0.1, 0.15) is 16.1 Å². The lowest BCUT2D eigenvalue weighted by molar-refractivity contribution is 0.0948. The zero-order chi connectivity index (χ0) is 19.0. The van der Waals surface area contributed by atoms with E-state index in [2.05, 4.69) is 10.3 Å². The monoisotopic (exact) mass is 363 g/mol. The number of amides is 1. The molecule has 0 fully saturated rings. The van der Waals surface area contributed by atoms with E-state index in [0.29, 0.717) is 23.2 Å². The molecule has 7 heteroatoms. The number of aromatic amines is 1. The van der Waals surface area contributed by atoms with Crippen LogP contribution in [0.5, 0.6) is 0 Å². The highest BCUT2D eigenvalue weighted by Crippen LogP contribution is 2.14. The summed E-state index contributed by atoms with van der Waals surface area (Å²) in [7, 11) is 0. The Labute approximate surface area is 153 Å². The molecule has 0 saturated heterocycles. The van der Waals surface area contributed by atoms with E-state index in [4.69, 9.17) is 4.42 Å². The van der Waals surface area contributed by atoms with E-state index in [0.717, 1.165) is 10.9 Å². The Bertz CT molecular complexity index is 1250. The van der Waals surface area contributed by atoms with Crippen molar-refractivity contribution in [2.75, 3.05) is 6.54 Å². The van der Waals surface area contributed by atoms with Crippen LogP contribution in [0.15, 0.2) is 62.7 Å². The lowest BCUT2D eigenvalue weighted by Crippen LogP contribution is -2.31. The molecule has 0 aliphatic carbocycles. The lowest BCUT2D eigenvalue weighted by Gasteiger charge is -2.08. The van der Waals surface area contributed by atoms with Crippen LogP contribution in [-0.4, -0.2) is 22.0 Å². The summed E-state index contributed by atoms with van der Waals surface area (Å²) >= 11 is 0. The molecule has 0 atom stereocenters. The first-order valence-corrected chi connectivity index (χ1v) is 8.53. The number of H-pyrrole nitrogens is 1. The molecule has 1 amide bonds. The van der Waals surface area contributed by atoms with E-state index in [1.54, 1.807) is 25.3 Å². The van der Waals surface area contributed by atoms with Crippen molar-refractivity contribution in [3.63, 3.8) is 0 Å². The molecule has 0 spiro atoms. The van der Waals surface area contributed by atoms with E-state index in [1.165, 1.54) is 10.6 Å². The van der Waals surface area contributed by atoms with Gasteiger partial charge in [-0.2, -0.15) is 0 Å². The van der Waals surface area contributed by atoms with Gasteiger partial charge in [-0.3, -0.25) is 9.59 Å². The lowest BCUT2D eigenvalue weighted by atomic mass is 10.2. The Kier molecular flexibility index (Phi) is 4.12. The fraction of sp³-hybridized carbons (Fsp3) is 0.150. The normalized spacial score (nSPS) is 11.1. The van der Waals surface area contributed by atoms with Gasteiger partial charge in [0.2, 0.25) is 0 Å². The number of aromatic nitrogens is 2. The Morgan fingerprint density at radius 2 is 2.00 bits per heavy atom. The number of benzene rings is 1. The number of rotatable bonds is 4. The summed E-state index contributed by atoms with van der Waals surface area (Å²) in [6.07, 6.45) is 1.56. The van der Waals surface area contributed by atoms with Gasteiger partial charge in [-0.05, 0) is 30.7 Å². The van der Waals surface area contributed by atoms with Crippen LogP contribution < -0.4 is 16.5 Å². The molecule has 4 rings (SSSR count). The first kappa shape index (κ1) is 16.8. The molecule has 0 unspecified atom stereocenters. The van der Waals surface area contributed by atoms with Crippen molar-refractivity contribution in [2.45, 2.75) is 13.5 Å². The smallest absolute Gasteiger partial charge is 0.336 e. The molecule has 1 aromatic carbocycles. The maximum atomic E-state index is 12.6. The molecule has 0 aliphatic rings. The van der Waals surface area contributed by atoms with Crippen LogP contribution in [0, 0.1) is 6.92 Å². The number of nitrogens with zero attached hydrogens (tertiary/aromatic N) is 1. The second-order valence-electron chi connectivity index (χ2n) is 6.33. The fourth-order valence-corrected chi connectivity index (χ4v) is 3.15. The molecule has 0 aliphatic heterocycles. The van der Waals surface area contributed by atoms with Crippen LogP contribution in [0.3, 0.4) is 0 Å². The van der Waals surface area contributed by atoms with E-state index in [-0.39, 0.29) is 23.6 Å². The number of para-hydroxylation sites is 1. The maximum absolute atomic E-state index is 12.6. The number of pyridine rings is 1. The second kappa shape index (κ2) is 6.60. The molecule has 7 nitrogen and oxygen atoms in total. The van der Waals surface area contributed by atoms with Gasteiger partial charge in [0.15, 0.2) is 0 Å². The zero-order valence-electron chi connectivity index (χ0n) is 14.6. The van der Waals surface area contributed by atoms with E-state index in [9.17, 15) is 14.4 Å². The third-order valence-corrected chi connectivity index (χ3v) is 4.48. The highest BCUT2D eigenvalue weighted by Gasteiger charge is 2.11. The van der Waals surface area contributed by atoms with Crippen LogP contribution >= 0.6 is 0 Å². The molecule has 27 heavy (non-hydrogen) atoms. The molecule has 0 bridgehead atoms. The third kappa shape index (κ3) is 3.15. The van der Waals surface area contributed by atoms with E-state index >= 15 is 0 Å². The van der Waals surface area contributed by atoms with Crippen LogP contribution in [-0.2, 0) is 6.54 Å². The zero-order valence-corrected chi connectivity index (χ0v) is 14.6. The van der Waals surface area contributed by atoms with Gasteiger partial charge in [0.05, 0.1) is 5.39 Å². The number of aryl methyl sites for hydroxylation is 1. The Balaban J connectivity index is 1.50. The van der Waals surface area contributed by atoms with Crippen LogP contribution in [0.25, 0.3) is 21.9 Å². The highest BCUT2D eigenvalue weighted by molar-refractivity contribution is 5.97. The van der Waals surface area contributed by atoms with Crippen molar-refractivity contribution in [1.29, 1.82) is 0 Å². The summed E-state index contributed by atoms with van der Waals surface area (Å²) in [6.45, 7) is 2.29. The molecular formula is C20H17N3O4. The van der Waals surface area contributed by atoms with Gasteiger partial charge in [0.1, 0.15) is 11.3 Å². The number of nitrogens with one attached hydrogen (secondary N) is 2. The molecule has 3 aromatic heterocycles. The summed E-state index contributed by atoms with van der Waals surface area (Å²) in [4.78, 5) is 39.4. The van der Waals surface area contributed by atoms with Gasteiger partial charge in [0, 0.05) is 36.3 Å². The van der Waals surface area contributed by atoms with Crippen molar-refractivity contribution >= 4 is 27.8 Å². The van der Waals surface area contributed by atoms with Gasteiger partial charge in [0.25, 0.3) is 11.5 Å². The molecule has 0 radical (unpaired) electrons. The number of carbonyl (C=O) groups excluding carboxylic acids is 1. The maximum Gasteiger partial charge on any atom is 0.336 e. The Morgan fingerprint density at radius 1 is 1.19 bits per heavy atom. The Morgan fingerprint density at radius 3 is 2.81 bits per heavy atom. The minimum absolute atomic E-state index is 0.234. The van der Waals surface area contributed by atoms with Crippen molar-refractivity contribution in [2.24, 2.45) is 0 Å². The van der Waals surface area contributed by atoms with Crippen molar-refractivity contribution in [3.05, 3.63) is 80.7 Å². The minimum Gasteiger partial charge on any atom is -0.422 e. The summed E-state index contributed by atoms with van der Waals surface area (Å²) in [6, 6.07) is 12.3. The summed E-state index contributed by atoms with van der Waals surface area (Å²) in [5.41, 5.74) is 1.47. The molecule has 136 valence electrons. The van der Waals surface area contributed by atoms with Crippen LogP contribution in [0.2, 0.25) is 0 Å². The summed E-state index contributed by atoms with van der Waals surface area (Å²) < 4.78 is 6.55. The number of fused-ring (bicyclic) bond motifs is 2. The van der Waals surface area contributed by atoms with E-state index in [1.807, 2.05) is 24.3 Å².